The van der Waals surface area contributed by atoms with Crippen molar-refractivity contribution in [2.24, 2.45) is 0 Å². The van der Waals surface area contributed by atoms with Crippen LogP contribution in [0.3, 0.4) is 0 Å². The Morgan fingerprint density at radius 2 is 2.07 bits per heavy atom. The number of hydrazine groups is 1. The van der Waals surface area contributed by atoms with Gasteiger partial charge in [0.1, 0.15) is 11.4 Å². The Kier molecular flexibility index (Phi) is 7.65. The number of methoxy groups -OCH3 is 1. The largest absolute Gasteiger partial charge is 0.495 e. The second kappa shape index (κ2) is 9.95. The Morgan fingerprint density at radius 3 is 2.68 bits per heavy atom. The molecule has 8 nitrogen and oxygen atoms in total. The lowest BCUT2D eigenvalue weighted by Crippen LogP contribution is -2.32. The number of anilines is 2. The molecule has 0 atom stereocenters. The van der Waals surface area contributed by atoms with Gasteiger partial charge in [-0.1, -0.05) is 6.07 Å². The number of esters is 1. The number of ether oxygens (including phenoxy) is 2. The van der Waals surface area contributed by atoms with Crippen molar-refractivity contribution in [1.29, 1.82) is 0 Å². The minimum absolute atomic E-state index is 0.0892. The Hall–Kier alpha value is -2.78. The second-order valence-corrected chi connectivity index (χ2v) is 6.21. The van der Waals surface area contributed by atoms with Gasteiger partial charge < -0.3 is 14.4 Å². The summed E-state index contributed by atoms with van der Waals surface area (Å²) in [5, 5.41) is 1.51. The van der Waals surface area contributed by atoms with Crippen molar-refractivity contribution in [1.82, 2.24) is 20.3 Å². The molecule has 0 unspecified atom stereocenters. The molecule has 9 heteroatoms. The van der Waals surface area contributed by atoms with Crippen LogP contribution in [0.4, 0.5) is 16.0 Å². The van der Waals surface area contributed by atoms with Gasteiger partial charge in [-0.25, -0.2) is 29.6 Å². The van der Waals surface area contributed by atoms with Crippen LogP contribution in [0, 0.1) is 5.82 Å². The van der Waals surface area contributed by atoms with Crippen molar-refractivity contribution in [3.05, 3.63) is 41.5 Å². The summed E-state index contributed by atoms with van der Waals surface area (Å²) in [4.78, 5) is 22.1. The molecule has 0 amide bonds. The zero-order valence-corrected chi connectivity index (χ0v) is 16.8. The number of hydrogen-bond donors (Lipinski definition) is 1. The molecule has 0 radical (unpaired) electrons. The summed E-state index contributed by atoms with van der Waals surface area (Å²) in [5.74, 6) is -1.00. The van der Waals surface area contributed by atoms with Crippen LogP contribution in [-0.4, -0.2) is 62.2 Å². The molecular formula is C19H26FN5O3. The van der Waals surface area contributed by atoms with E-state index >= 15 is 0 Å². The Balaban J connectivity index is 2.39. The van der Waals surface area contributed by atoms with Crippen LogP contribution < -0.4 is 15.2 Å². The highest BCUT2D eigenvalue weighted by molar-refractivity contribution is 5.88. The summed E-state index contributed by atoms with van der Waals surface area (Å²) in [6, 6.07) is 5.76. The summed E-state index contributed by atoms with van der Waals surface area (Å²) in [6.45, 7) is 2.67. The lowest BCUT2D eigenvalue weighted by molar-refractivity contribution is 0.0513. The number of benzene rings is 1. The standard InChI is InChI=1S/C19H26FN5O3/c1-6-28-18(26)17-14(20)12-22-19(23-17)25(21-2)15-8-7-13(9-10-24(3)4)11-16(15)27-5/h7-8,11-12,21H,6,9-10H2,1-5H3. The van der Waals surface area contributed by atoms with Gasteiger partial charge in [0, 0.05) is 13.6 Å². The summed E-state index contributed by atoms with van der Waals surface area (Å²) >= 11 is 0. The molecule has 0 fully saturated rings. The van der Waals surface area contributed by atoms with E-state index in [2.05, 4.69) is 20.3 Å². The molecular weight excluding hydrogens is 365 g/mol. The SMILES string of the molecule is CCOC(=O)c1nc(N(NC)c2ccc(CCN(C)C)cc2OC)ncc1F. The molecule has 152 valence electrons. The number of nitrogens with zero attached hydrogens (tertiary/aromatic N) is 4. The molecule has 1 aromatic heterocycles. The van der Waals surface area contributed by atoms with Crippen LogP contribution >= 0.6 is 0 Å². The molecule has 0 aliphatic rings. The smallest absolute Gasteiger partial charge is 0.360 e. The fourth-order valence-electron chi connectivity index (χ4n) is 2.55. The van der Waals surface area contributed by atoms with Crippen LogP contribution in [-0.2, 0) is 11.2 Å². The monoisotopic (exact) mass is 391 g/mol. The number of hydrogen-bond acceptors (Lipinski definition) is 8. The van der Waals surface area contributed by atoms with Crippen molar-refractivity contribution < 1.29 is 18.7 Å². The molecule has 0 spiro atoms. The lowest BCUT2D eigenvalue weighted by Gasteiger charge is -2.24. The number of likely N-dealkylation sites (N-methyl/N-ethyl adjacent to an activating group) is 1. The van der Waals surface area contributed by atoms with E-state index in [0.717, 1.165) is 24.7 Å². The average Bonchev–Trinajstić information content (AvgIpc) is 2.68. The van der Waals surface area contributed by atoms with Gasteiger partial charge in [0.25, 0.3) is 0 Å². The zero-order chi connectivity index (χ0) is 20.7. The van der Waals surface area contributed by atoms with Crippen molar-refractivity contribution in [2.45, 2.75) is 13.3 Å². The fraction of sp³-hybridized carbons (Fsp3) is 0.421. The zero-order valence-electron chi connectivity index (χ0n) is 16.8. The third-order valence-corrected chi connectivity index (χ3v) is 3.96. The van der Waals surface area contributed by atoms with E-state index in [1.165, 1.54) is 5.01 Å². The Labute approximate surface area is 164 Å². The lowest BCUT2D eigenvalue weighted by atomic mass is 10.1. The van der Waals surface area contributed by atoms with E-state index in [1.54, 1.807) is 21.1 Å². The molecule has 0 aliphatic carbocycles. The van der Waals surface area contributed by atoms with Gasteiger partial charge in [-0.2, -0.15) is 0 Å². The molecule has 0 saturated heterocycles. The maximum absolute atomic E-state index is 14.0. The van der Waals surface area contributed by atoms with E-state index in [4.69, 9.17) is 9.47 Å². The second-order valence-electron chi connectivity index (χ2n) is 6.21. The molecule has 28 heavy (non-hydrogen) atoms. The summed E-state index contributed by atoms with van der Waals surface area (Å²) in [5.41, 5.74) is 4.25. The maximum atomic E-state index is 14.0. The van der Waals surface area contributed by atoms with Crippen LogP contribution in [0.15, 0.2) is 24.4 Å². The number of halogens is 1. The Morgan fingerprint density at radius 1 is 1.32 bits per heavy atom. The van der Waals surface area contributed by atoms with Crippen LogP contribution in [0.5, 0.6) is 5.75 Å². The molecule has 0 saturated carbocycles. The van der Waals surface area contributed by atoms with E-state index < -0.39 is 17.5 Å². The third-order valence-electron chi connectivity index (χ3n) is 3.96. The minimum Gasteiger partial charge on any atom is -0.495 e. The predicted octanol–water partition coefficient (Wildman–Crippen LogP) is 2.18. The quantitative estimate of drug-likeness (QED) is 0.515. The first kappa shape index (κ1) is 21.5. The van der Waals surface area contributed by atoms with Gasteiger partial charge in [-0.05, 0) is 45.1 Å². The summed E-state index contributed by atoms with van der Waals surface area (Å²) in [7, 11) is 7.26. The highest BCUT2D eigenvalue weighted by Crippen LogP contribution is 2.32. The van der Waals surface area contributed by atoms with Gasteiger partial charge in [0.05, 0.1) is 19.9 Å². The third kappa shape index (κ3) is 5.14. The number of rotatable bonds is 9. The molecule has 1 aromatic carbocycles. The van der Waals surface area contributed by atoms with Gasteiger partial charge in [0.15, 0.2) is 11.5 Å². The molecule has 1 heterocycles. The first-order chi connectivity index (χ1) is 13.4. The first-order valence-corrected chi connectivity index (χ1v) is 8.90. The van der Waals surface area contributed by atoms with Crippen molar-refractivity contribution >= 4 is 17.6 Å². The normalized spacial score (nSPS) is 10.8. The van der Waals surface area contributed by atoms with E-state index in [-0.39, 0.29) is 12.6 Å². The van der Waals surface area contributed by atoms with E-state index in [0.29, 0.717) is 11.4 Å². The van der Waals surface area contributed by atoms with Gasteiger partial charge in [0.2, 0.25) is 5.95 Å². The molecule has 1 N–H and O–H groups in total. The van der Waals surface area contributed by atoms with E-state index in [1.807, 2.05) is 32.3 Å². The maximum Gasteiger partial charge on any atom is 0.360 e. The molecule has 2 rings (SSSR count). The molecule has 2 aromatic rings. The minimum atomic E-state index is -0.843. The van der Waals surface area contributed by atoms with Gasteiger partial charge in [-0.15, -0.1) is 0 Å². The number of aromatic nitrogens is 2. The predicted molar refractivity (Wildman–Crippen MR) is 104 cm³/mol. The number of nitrogens with one attached hydrogen (secondary N) is 1. The van der Waals surface area contributed by atoms with Crippen molar-refractivity contribution in [3.8, 4) is 5.75 Å². The average molecular weight is 391 g/mol. The van der Waals surface area contributed by atoms with Crippen molar-refractivity contribution in [3.63, 3.8) is 0 Å². The summed E-state index contributed by atoms with van der Waals surface area (Å²) in [6.07, 6.45) is 1.81. The number of carbonyl (C=O) groups is 1. The van der Waals surface area contributed by atoms with Gasteiger partial charge in [-0.3, -0.25) is 0 Å². The van der Waals surface area contributed by atoms with Crippen molar-refractivity contribution in [2.75, 3.05) is 46.4 Å². The van der Waals surface area contributed by atoms with Crippen LogP contribution in [0.25, 0.3) is 0 Å². The Bertz CT molecular complexity index is 816. The molecule has 0 aliphatic heterocycles. The molecule has 0 bridgehead atoms. The first-order valence-electron chi connectivity index (χ1n) is 8.90. The van der Waals surface area contributed by atoms with Crippen LogP contribution in [0.1, 0.15) is 23.0 Å². The summed E-state index contributed by atoms with van der Waals surface area (Å²) < 4.78 is 24.3. The highest BCUT2D eigenvalue weighted by atomic mass is 19.1. The van der Waals surface area contributed by atoms with Gasteiger partial charge >= 0.3 is 5.97 Å². The van der Waals surface area contributed by atoms with E-state index in [9.17, 15) is 9.18 Å². The highest BCUT2D eigenvalue weighted by Gasteiger charge is 2.21. The van der Waals surface area contributed by atoms with Crippen LogP contribution in [0.2, 0.25) is 0 Å². The topological polar surface area (TPSA) is 79.8 Å². The fourth-order valence-corrected chi connectivity index (χ4v) is 2.55. The number of carbonyl (C=O) groups excluding carboxylic acids is 1.